The Hall–Kier alpha value is -1.42. The summed E-state index contributed by atoms with van der Waals surface area (Å²) in [6.45, 7) is 2.40. The van der Waals surface area contributed by atoms with E-state index in [0.29, 0.717) is 18.2 Å². The van der Waals surface area contributed by atoms with Crippen LogP contribution >= 0.6 is 11.6 Å². The number of ether oxygens (including phenoxy) is 1. The smallest absolute Gasteiger partial charge is 0.255 e. The van der Waals surface area contributed by atoms with Crippen molar-refractivity contribution < 1.29 is 14.6 Å². The highest BCUT2D eigenvalue weighted by molar-refractivity contribution is 6.18. The lowest BCUT2D eigenvalue weighted by Crippen LogP contribution is -2.28. The molecule has 0 spiro atoms. The highest BCUT2D eigenvalue weighted by atomic mass is 35.5. The molecule has 1 rings (SSSR count). The third kappa shape index (κ3) is 3.82. The second-order valence-electron chi connectivity index (χ2n) is 3.85. The average Bonchev–Trinajstić information content (AvgIpc) is 2.36. The van der Waals surface area contributed by atoms with Crippen molar-refractivity contribution in [3.63, 3.8) is 0 Å². The molecule has 1 atom stereocenters. The Morgan fingerprint density at radius 3 is 2.88 bits per heavy atom. The van der Waals surface area contributed by atoms with E-state index in [-0.39, 0.29) is 23.1 Å². The van der Waals surface area contributed by atoms with Crippen LogP contribution in [0.1, 0.15) is 17.3 Å². The lowest BCUT2D eigenvalue weighted by atomic mass is 10.1. The zero-order valence-electron chi connectivity index (χ0n) is 9.87. The molecule has 1 aromatic rings. The molecule has 0 aliphatic rings. The molecule has 0 fully saturated rings. The van der Waals surface area contributed by atoms with Crippen LogP contribution in [0.3, 0.4) is 0 Å². The summed E-state index contributed by atoms with van der Waals surface area (Å²) in [5.41, 5.74) is 0.200. The van der Waals surface area contributed by atoms with E-state index in [0.717, 1.165) is 0 Å². The molecule has 5 heteroatoms. The van der Waals surface area contributed by atoms with Gasteiger partial charge in [0.15, 0.2) is 0 Å². The fraction of sp³-hybridized carbons (Fsp3) is 0.417. The number of aromatic hydroxyl groups is 1. The number of methoxy groups -OCH3 is 1. The number of carbonyl (C=O) groups excluding carboxylic acids is 1. The molecular weight excluding hydrogens is 242 g/mol. The summed E-state index contributed by atoms with van der Waals surface area (Å²) in [6.07, 6.45) is 0. The second-order valence-corrected chi connectivity index (χ2v) is 4.16. The van der Waals surface area contributed by atoms with Crippen LogP contribution in [0.15, 0.2) is 18.2 Å². The Morgan fingerprint density at radius 2 is 2.29 bits per heavy atom. The van der Waals surface area contributed by atoms with Crippen LogP contribution in [0, 0.1) is 5.92 Å². The van der Waals surface area contributed by atoms with E-state index in [1.807, 2.05) is 6.92 Å². The summed E-state index contributed by atoms with van der Waals surface area (Å²) in [5.74, 6) is 0.789. The minimum atomic E-state index is -0.335. The second kappa shape index (κ2) is 6.35. The predicted molar refractivity (Wildman–Crippen MR) is 66.9 cm³/mol. The number of phenols is 1. The van der Waals surface area contributed by atoms with E-state index >= 15 is 0 Å². The Bertz CT molecular complexity index is 395. The summed E-state index contributed by atoms with van der Waals surface area (Å²) in [7, 11) is 1.50. The maximum absolute atomic E-state index is 11.8. The molecule has 0 aliphatic carbocycles. The number of phenolic OH excluding ortho intramolecular Hbond substituents is 1. The van der Waals surface area contributed by atoms with E-state index < -0.39 is 0 Å². The minimum Gasteiger partial charge on any atom is -0.507 e. The first kappa shape index (κ1) is 13.6. The van der Waals surface area contributed by atoms with Gasteiger partial charge in [0.1, 0.15) is 11.5 Å². The molecule has 0 saturated carbocycles. The minimum absolute atomic E-state index is 0.0678. The van der Waals surface area contributed by atoms with Crippen LogP contribution in [0.25, 0.3) is 0 Å². The zero-order valence-corrected chi connectivity index (χ0v) is 10.6. The quantitative estimate of drug-likeness (QED) is 0.794. The molecule has 4 nitrogen and oxygen atoms in total. The maximum Gasteiger partial charge on any atom is 0.255 e. The van der Waals surface area contributed by atoms with Gasteiger partial charge >= 0.3 is 0 Å². The third-order valence-electron chi connectivity index (χ3n) is 2.32. The molecule has 0 aromatic heterocycles. The lowest BCUT2D eigenvalue weighted by molar-refractivity contribution is 0.0946. The van der Waals surface area contributed by atoms with Crippen LogP contribution in [-0.4, -0.2) is 30.5 Å². The van der Waals surface area contributed by atoms with Gasteiger partial charge in [-0.2, -0.15) is 0 Å². The number of hydrogen-bond donors (Lipinski definition) is 2. The Kier molecular flexibility index (Phi) is 5.10. The van der Waals surface area contributed by atoms with Gasteiger partial charge < -0.3 is 15.2 Å². The van der Waals surface area contributed by atoms with E-state index in [1.54, 1.807) is 6.07 Å². The summed E-state index contributed by atoms with van der Waals surface area (Å²) >= 11 is 5.64. The zero-order chi connectivity index (χ0) is 12.8. The van der Waals surface area contributed by atoms with Crippen LogP contribution in [0.5, 0.6) is 11.5 Å². The van der Waals surface area contributed by atoms with Gasteiger partial charge in [-0.3, -0.25) is 4.79 Å². The maximum atomic E-state index is 11.8. The molecule has 1 unspecified atom stereocenters. The van der Waals surface area contributed by atoms with E-state index in [9.17, 15) is 9.90 Å². The lowest BCUT2D eigenvalue weighted by Gasteiger charge is -2.11. The molecule has 0 bridgehead atoms. The van der Waals surface area contributed by atoms with Crippen LogP contribution in [-0.2, 0) is 0 Å². The number of amides is 1. The molecular formula is C12H16ClNO3. The van der Waals surface area contributed by atoms with Crippen molar-refractivity contribution >= 4 is 17.5 Å². The van der Waals surface area contributed by atoms with Gasteiger partial charge in [0.25, 0.3) is 5.91 Å². The van der Waals surface area contributed by atoms with Gasteiger partial charge in [-0.15, -0.1) is 11.6 Å². The summed E-state index contributed by atoms with van der Waals surface area (Å²) in [5, 5.41) is 12.3. The normalized spacial score (nSPS) is 11.9. The van der Waals surface area contributed by atoms with Crippen molar-refractivity contribution in [2.45, 2.75) is 6.92 Å². The molecule has 0 saturated heterocycles. The van der Waals surface area contributed by atoms with Gasteiger partial charge in [-0.1, -0.05) is 6.92 Å². The number of hydrogen-bond acceptors (Lipinski definition) is 3. The molecule has 2 N–H and O–H groups in total. The van der Waals surface area contributed by atoms with E-state index in [4.69, 9.17) is 16.3 Å². The fourth-order valence-corrected chi connectivity index (χ4v) is 1.35. The first-order valence-corrected chi connectivity index (χ1v) is 5.83. The topological polar surface area (TPSA) is 58.6 Å². The van der Waals surface area contributed by atoms with Crippen molar-refractivity contribution in [3.05, 3.63) is 23.8 Å². The first-order chi connectivity index (χ1) is 8.08. The summed E-state index contributed by atoms with van der Waals surface area (Å²) in [6, 6.07) is 4.52. The summed E-state index contributed by atoms with van der Waals surface area (Å²) < 4.78 is 4.99. The number of benzene rings is 1. The Morgan fingerprint density at radius 1 is 1.59 bits per heavy atom. The number of alkyl halides is 1. The van der Waals surface area contributed by atoms with Crippen molar-refractivity contribution in [3.8, 4) is 11.5 Å². The monoisotopic (exact) mass is 257 g/mol. The molecule has 94 valence electrons. The van der Waals surface area contributed by atoms with E-state index in [2.05, 4.69) is 5.32 Å². The van der Waals surface area contributed by atoms with Gasteiger partial charge in [-0.05, 0) is 24.1 Å². The van der Waals surface area contributed by atoms with Crippen molar-refractivity contribution in [2.75, 3.05) is 19.5 Å². The van der Waals surface area contributed by atoms with Crippen LogP contribution in [0.2, 0.25) is 0 Å². The molecule has 17 heavy (non-hydrogen) atoms. The van der Waals surface area contributed by atoms with Gasteiger partial charge in [-0.25, -0.2) is 0 Å². The average molecular weight is 258 g/mol. The third-order valence-corrected chi connectivity index (χ3v) is 2.85. The fourth-order valence-electron chi connectivity index (χ4n) is 1.24. The van der Waals surface area contributed by atoms with Crippen molar-refractivity contribution in [1.82, 2.24) is 5.32 Å². The van der Waals surface area contributed by atoms with Crippen LogP contribution < -0.4 is 10.1 Å². The van der Waals surface area contributed by atoms with Crippen LogP contribution in [0.4, 0.5) is 0 Å². The van der Waals surface area contributed by atoms with Crippen molar-refractivity contribution in [1.29, 1.82) is 0 Å². The standard InChI is InChI=1S/C12H16ClNO3/c1-8(6-13)7-14-12(16)10-5-9(17-2)3-4-11(10)15/h3-5,8,15H,6-7H2,1-2H3,(H,14,16). The number of nitrogens with one attached hydrogen (secondary N) is 1. The SMILES string of the molecule is COc1ccc(O)c(C(=O)NCC(C)CCl)c1. The van der Waals surface area contributed by atoms with Gasteiger partial charge in [0.05, 0.1) is 12.7 Å². The van der Waals surface area contributed by atoms with Gasteiger partial charge in [0, 0.05) is 12.4 Å². The first-order valence-electron chi connectivity index (χ1n) is 5.29. The molecule has 1 amide bonds. The highest BCUT2D eigenvalue weighted by Gasteiger charge is 2.12. The molecule has 0 aliphatic heterocycles. The van der Waals surface area contributed by atoms with Crippen molar-refractivity contribution in [2.24, 2.45) is 5.92 Å². The largest absolute Gasteiger partial charge is 0.507 e. The highest BCUT2D eigenvalue weighted by Crippen LogP contribution is 2.22. The number of carbonyl (C=O) groups is 1. The van der Waals surface area contributed by atoms with Gasteiger partial charge in [0.2, 0.25) is 0 Å². The summed E-state index contributed by atoms with van der Waals surface area (Å²) in [4.78, 5) is 11.8. The molecule has 0 heterocycles. The number of rotatable bonds is 5. The number of halogens is 1. The Labute approximate surface area is 106 Å². The Balaban J connectivity index is 2.74. The van der Waals surface area contributed by atoms with E-state index in [1.165, 1.54) is 19.2 Å². The molecule has 0 radical (unpaired) electrons. The molecule has 1 aromatic carbocycles. The predicted octanol–water partition coefficient (Wildman–Crippen LogP) is 2.01.